The molecule has 0 saturated carbocycles. The molecule has 0 saturated heterocycles. The minimum Gasteiger partial charge on any atom is -0.469 e. The lowest BCUT2D eigenvalue weighted by molar-refractivity contribution is -0.140. The van der Waals surface area contributed by atoms with Crippen molar-refractivity contribution in [3.63, 3.8) is 0 Å². The van der Waals surface area contributed by atoms with E-state index < -0.39 is 6.10 Å². The molecule has 0 fully saturated rings. The maximum absolute atomic E-state index is 11.6. The highest BCUT2D eigenvalue weighted by Crippen LogP contribution is 2.17. The molecule has 1 heterocycles. The van der Waals surface area contributed by atoms with Gasteiger partial charge in [0.15, 0.2) is 0 Å². The van der Waals surface area contributed by atoms with Crippen LogP contribution in [0.4, 0.5) is 0 Å². The number of nitrogens with zero attached hydrogens (tertiary/aromatic N) is 1. The largest absolute Gasteiger partial charge is 0.469 e. The second-order valence-electron chi connectivity index (χ2n) is 4.32. The van der Waals surface area contributed by atoms with Gasteiger partial charge >= 0.3 is 5.97 Å². The fourth-order valence-corrected chi connectivity index (χ4v) is 1.71. The van der Waals surface area contributed by atoms with Crippen LogP contribution in [0.15, 0.2) is 24.5 Å². The molecule has 1 aromatic rings. The van der Waals surface area contributed by atoms with Crippen molar-refractivity contribution in [1.29, 1.82) is 0 Å². The van der Waals surface area contributed by atoms with Crippen molar-refractivity contribution in [1.82, 2.24) is 4.98 Å². The number of pyridine rings is 1. The number of hydrogen-bond acceptors (Lipinski definition) is 5. The Hall–Kier alpha value is -1.75. The molecule has 1 N–H and O–H groups in total. The first kappa shape index (κ1) is 15.3. The summed E-state index contributed by atoms with van der Waals surface area (Å²) < 4.78 is 4.51. The van der Waals surface area contributed by atoms with Crippen LogP contribution >= 0.6 is 0 Å². The van der Waals surface area contributed by atoms with Crippen LogP contribution in [0.5, 0.6) is 0 Å². The van der Waals surface area contributed by atoms with Crippen LogP contribution in [-0.2, 0) is 14.3 Å². The topological polar surface area (TPSA) is 76.5 Å². The van der Waals surface area contributed by atoms with Gasteiger partial charge in [-0.15, -0.1) is 0 Å². The van der Waals surface area contributed by atoms with E-state index in [0.29, 0.717) is 31.2 Å². The highest BCUT2D eigenvalue weighted by molar-refractivity contribution is 5.79. The van der Waals surface area contributed by atoms with Crippen LogP contribution < -0.4 is 0 Å². The molecule has 0 bridgehead atoms. The SMILES string of the molecule is COC(=O)CCCCC(=O)CC(O)c1ccncc1. The zero-order valence-corrected chi connectivity index (χ0v) is 11.0. The van der Waals surface area contributed by atoms with Gasteiger partial charge < -0.3 is 9.84 Å². The Balaban J connectivity index is 2.22. The fourth-order valence-electron chi connectivity index (χ4n) is 1.71. The first-order valence-electron chi connectivity index (χ1n) is 6.30. The molecular weight excluding hydrogens is 246 g/mol. The number of carbonyl (C=O) groups is 2. The monoisotopic (exact) mass is 265 g/mol. The summed E-state index contributed by atoms with van der Waals surface area (Å²) in [5, 5.41) is 9.85. The number of aliphatic hydroxyl groups excluding tert-OH is 1. The van der Waals surface area contributed by atoms with Crippen LogP contribution in [0.25, 0.3) is 0 Å². The van der Waals surface area contributed by atoms with Gasteiger partial charge in [0.1, 0.15) is 5.78 Å². The van der Waals surface area contributed by atoms with Crippen molar-refractivity contribution >= 4 is 11.8 Å². The highest BCUT2D eigenvalue weighted by Gasteiger charge is 2.12. The minimum absolute atomic E-state index is 0.00539. The number of esters is 1. The lowest BCUT2D eigenvalue weighted by Gasteiger charge is -2.09. The molecule has 0 aromatic carbocycles. The molecule has 0 aliphatic rings. The Morgan fingerprint density at radius 2 is 1.89 bits per heavy atom. The van der Waals surface area contributed by atoms with Crippen molar-refractivity contribution in [2.75, 3.05) is 7.11 Å². The summed E-state index contributed by atoms with van der Waals surface area (Å²) in [6, 6.07) is 3.38. The molecule has 0 aliphatic carbocycles. The summed E-state index contributed by atoms with van der Waals surface area (Å²) in [5.41, 5.74) is 0.693. The molecule has 5 heteroatoms. The Bertz CT molecular complexity index is 405. The van der Waals surface area contributed by atoms with Gasteiger partial charge in [-0.1, -0.05) is 0 Å². The van der Waals surface area contributed by atoms with Gasteiger partial charge in [0.25, 0.3) is 0 Å². The number of aliphatic hydroxyl groups is 1. The average molecular weight is 265 g/mol. The van der Waals surface area contributed by atoms with Crippen molar-refractivity contribution in [2.24, 2.45) is 0 Å². The first-order valence-corrected chi connectivity index (χ1v) is 6.30. The minimum atomic E-state index is -0.781. The predicted octanol–water partition coefficient (Wildman–Crippen LogP) is 1.81. The van der Waals surface area contributed by atoms with E-state index in [-0.39, 0.29) is 18.2 Å². The molecule has 5 nitrogen and oxygen atoms in total. The van der Waals surface area contributed by atoms with Gasteiger partial charge in [-0.25, -0.2) is 0 Å². The summed E-state index contributed by atoms with van der Waals surface area (Å²) in [5.74, 6) is -0.265. The highest BCUT2D eigenvalue weighted by atomic mass is 16.5. The molecular formula is C14H19NO4. The number of ether oxygens (including phenoxy) is 1. The summed E-state index contributed by atoms with van der Waals surface area (Å²) in [4.78, 5) is 26.4. The molecule has 0 amide bonds. The van der Waals surface area contributed by atoms with E-state index in [1.54, 1.807) is 24.5 Å². The van der Waals surface area contributed by atoms with Crippen molar-refractivity contribution in [2.45, 2.75) is 38.2 Å². The normalized spacial score (nSPS) is 11.9. The zero-order chi connectivity index (χ0) is 14.1. The van der Waals surface area contributed by atoms with Crippen LogP contribution in [0.1, 0.15) is 43.8 Å². The third-order valence-corrected chi connectivity index (χ3v) is 2.83. The van der Waals surface area contributed by atoms with Gasteiger partial charge in [-0.3, -0.25) is 14.6 Å². The fraction of sp³-hybridized carbons (Fsp3) is 0.500. The van der Waals surface area contributed by atoms with Crippen LogP contribution in [0, 0.1) is 0 Å². The predicted molar refractivity (Wildman–Crippen MR) is 69.3 cm³/mol. The van der Waals surface area contributed by atoms with Gasteiger partial charge in [-0.2, -0.15) is 0 Å². The maximum atomic E-state index is 11.6. The third-order valence-electron chi connectivity index (χ3n) is 2.83. The van der Waals surface area contributed by atoms with Gasteiger partial charge in [0, 0.05) is 31.7 Å². The quantitative estimate of drug-likeness (QED) is 0.573. The molecule has 104 valence electrons. The van der Waals surface area contributed by atoms with Gasteiger partial charge in [-0.05, 0) is 30.5 Å². The number of ketones is 1. The second-order valence-corrected chi connectivity index (χ2v) is 4.32. The molecule has 0 radical (unpaired) electrons. The number of methoxy groups -OCH3 is 1. The van der Waals surface area contributed by atoms with E-state index in [9.17, 15) is 14.7 Å². The van der Waals surface area contributed by atoms with Crippen molar-refractivity contribution in [3.8, 4) is 0 Å². The Morgan fingerprint density at radius 3 is 2.53 bits per heavy atom. The number of carbonyl (C=O) groups excluding carboxylic acids is 2. The van der Waals surface area contributed by atoms with E-state index in [1.165, 1.54) is 7.11 Å². The smallest absolute Gasteiger partial charge is 0.305 e. The third kappa shape index (κ3) is 6.10. The zero-order valence-electron chi connectivity index (χ0n) is 11.0. The van der Waals surface area contributed by atoms with Crippen molar-refractivity contribution in [3.05, 3.63) is 30.1 Å². The number of hydrogen-bond donors (Lipinski definition) is 1. The standard InChI is InChI=1S/C14H19NO4/c1-19-14(18)5-3-2-4-12(16)10-13(17)11-6-8-15-9-7-11/h6-9,13,17H,2-5,10H2,1H3. The molecule has 1 atom stereocenters. The lowest BCUT2D eigenvalue weighted by atomic mass is 10.0. The van der Waals surface area contributed by atoms with Crippen LogP contribution in [-0.4, -0.2) is 29.0 Å². The summed E-state index contributed by atoms with van der Waals surface area (Å²) in [6.45, 7) is 0. The first-order chi connectivity index (χ1) is 9.13. The summed E-state index contributed by atoms with van der Waals surface area (Å²) in [6.07, 6.45) is 4.45. The van der Waals surface area contributed by atoms with E-state index in [0.717, 1.165) is 0 Å². The number of Topliss-reactive ketones (excluding diaryl/α,β-unsaturated/α-hetero) is 1. The van der Waals surface area contributed by atoms with Gasteiger partial charge in [0.05, 0.1) is 13.2 Å². The molecule has 1 aromatic heterocycles. The van der Waals surface area contributed by atoms with Crippen molar-refractivity contribution < 1.29 is 19.4 Å². The maximum Gasteiger partial charge on any atom is 0.305 e. The van der Waals surface area contributed by atoms with Gasteiger partial charge in [0.2, 0.25) is 0 Å². The average Bonchev–Trinajstić information content (AvgIpc) is 2.44. The Morgan fingerprint density at radius 1 is 1.26 bits per heavy atom. The molecule has 1 rings (SSSR count). The Kier molecular flexibility index (Phi) is 6.74. The van der Waals surface area contributed by atoms with Crippen LogP contribution in [0.3, 0.4) is 0 Å². The number of aromatic nitrogens is 1. The van der Waals surface area contributed by atoms with E-state index >= 15 is 0 Å². The summed E-state index contributed by atoms with van der Waals surface area (Å²) >= 11 is 0. The molecule has 19 heavy (non-hydrogen) atoms. The second kappa shape index (κ2) is 8.37. The van der Waals surface area contributed by atoms with E-state index in [4.69, 9.17) is 0 Å². The van der Waals surface area contributed by atoms with E-state index in [1.807, 2.05) is 0 Å². The number of unbranched alkanes of at least 4 members (excludes halogenated alkanes) is 1. The van der Waals surface area contributed by atoms with E-state index in [2.05, 4.69) is 9.72 Å². The molecule has 0 spiro atoms. The van der Waals surface area contributed by atoms with Crippen LogP contribution in [0.2, 0.25) is 0 Å². The lowest BCUT2D eigenvalue weighted by Crippen LogP contribution is -2.07. The summed E-state index contributed by atoms with van der Waals surface area (Å²) in [7, 11) is 1.35. The molecule has 0 aliphatic heterocycles. The number of rotatable bonds is 8. The molecule has 1 unspecified atom stereocenters. The Labute approximate surface area is 112 Å².